The lowest BCUT2D eigenvalue weighted by Crippen LogP contribution is -2.40. The molecule has 0 saturated carbocycles. The zero-order valence-electron chi connectivity index (χ0n) is 18.9. The van der Waals surface area contributed by atoms with E-state index < -0.39 is 27.9 Å². The number of hydrogen-bond acceptors (Lipinski definition) is 7. The van der Waals surface area contributed by atoms with Crippen molar-refractivity contribution < 1.29 is 31.9 Å². The highest BCUT2D eigenvalue weighted by atomic mass is 32.2. The highest BCUT2D eigenvalue weighted by Gasteiger charge is 2.31. The van der Waals surface area contributed by atoms with E-state index in [9.17, 15) is 17.6 Å². The number of ether oxygens (including phenoxy) is 2. The van der Waals surface area contributed by atoms with Gasteiger partial charge < -0.3 is 19.6 Å². The number of oxime groups is 1. The average Bonchev–Trinajstić information content (AvgIpc) is 3.31. The van der Waals surface area contributed by atoms with Crippen molar-refractivity contribution in [3.05, 3.63) is 53.8 Å². The van der Waals surface area contributed by atoms with E-state index in [1.165, 1.54) is 34.6 Å². The first-order chi connectivity index (χ1) is 16.2. The predicted molar refractivity (Wildman–Crippen MR) is 123 cm³/mol. The lowest BCUT2D eigenvalue weighted by molar-refractivity contribution is -0.125. The number of nitrogens with zero attached hydrogens (tertiary/aromatic N) is 2. The number of sulfonamides is 1. The molecule has 2 aliphatic rings. The second-order valence-corrected chi connectivity index (χ2v) is 10.1. The van der Waals surface area contributed by atoms with Gasteiger partial charge in [-0.15, -0.1) is 0 Å². The van der Waals surface area contributed by atoms with E-state index in [1.54, 1.807) is 12.1 Å². The predicted octanol–water partition coefficient (Wildman–Crippen LogP) is 2.77. The number of anilines is 1. The quantitative estimate of drug-likeness (QED) is 0.639. The van der Waals surface area contributed by atoms with E-state index in [2.05, 4.69) is 10.5 Å². The molecule has 2 aromatic rings. The highest BCUT2D eigenvalue weighted by molar-refractivity contribution is 7.89. The van der Waals surface area contributed by atoms with Crippen LogP contribution in [0.1, 0.15) is 25.8 Å². The fourth-order valence-corrected chi connectivity index (χ4v) is 5.06. The van der Waals surface area contributed by atoms with Gasteiger partial charge in [0.15, 0.2) is 0 Å². The van der Waals surface area contributed by atoms with Crippen molar-refractivity contribution in [2.45, 2.75) is 37.4 Å². The normalized spacial score (nSPS) is 18.9. The molecule has 0 aliphatic carbocycles. The first kappa shape index (κ1) is 24.1. The van der Waals surface area contributed by atoms with Gasteiger partial charge in [0.1, 0.15) is 11.6 Å². The minimum absolute atomic E-state index is 0.0323. The summed E-state index contributed by atoms with van der Waals surface area (Å²) < 4.78 is 52.1. The second kappa shape index (κ2) is 10.1. The summed E-state index contributed by atoms with van der Waals surface area (Å²) in [6.07, 6.45) is -1.02. The fraction of sp³-hybridized carbons (Fsp3) is 0.391. The third-order valence-corrected chi connectivity index (χ3v) is 7.19. The Bertz CT molecular complexity index is 1190. The molecular formula is C23H26FN3O6S. The van der Waals surface area contributed by atoms with Gasteiger partial charge in [-0.1, -0.05) is 17.3 Å². The van der Waals surface area contributed by atoms with Gasteiger partial charge in [-0.3, -0.25) is 4.79 Å². The monoisotopic (exact) mass is 491 g/mol. The first-order valence-electron chi connectivity index (χ1n) is 10.9. The Hall–Kier alpha value is -3.02. The minimum Gasteiger partial charge on any atom is -0.489 e. The third-order valence-electron chi connectivity index (χ3n) is 5.30. The van der Waals surface area contributed by atoms with Gasteiger partial charge in [0.25, 0.3) is 5.91 Å². The molecule has 1 unspecified atom stereocenters. The maximum absolute atomic E-state index is 13.5. The van der Waals surface area contributed by atoms with Crippen molar-refractivity contribution in [3.8, 4) is 5.75 Å². The Morgan fingerprint density at radius 2 is 1.97 bits per heavy atom. The second-order valence-electron chi connectivity index (χ2n) is 8.18. The Kier molecular flexibility index (Phi) is 7.15. The molecule has 2 heterocycles. The minimum atomic E-state index is -3.78. The summed E-state index contributed by atoms with van der Waals surface area (Å²) in [5.41, 5.74) is 1.18. The van der Waals surface area contributed by atoms with E-state index >= 15 is 0 Å². The summed E-state index contributed by atoms with van der Waals surface area (Å²) in [7, 11) is -3.78. The molecule has 11 heteroatoms. The van der Waals surface area contributed by atoms with E-state index in [0.717, 1.165) is 0 Å². The summed E-state index contributed by atoms with van der Waals surface area (Å²) in [6.45, 7) is 4.80. The number of hydrogen-bond donors (Lipinski definition) is 1. The molecule has 2 aliphatic heterocycles. The van der Waals surface area contributed by atoms with Gasteiger partial charge in [0, 0.05) is 25.1 Å². The highest BCUT2D eigenvalue weighted by Crippen LogP contribution is 2.31. The van der Waals surface area contributed by atoms with Crippen LogP contribution < -0.4 is 10.1 Å². The van der Waals surface area contributed by atoms with Gasteiger partial charge in [0.05, 0.1) is 35.6 Å². The van der Waals surface area contributed by atoms with Crippen LogP contribution in [0.15, 0.2) is 52.5 Å². The van der Waals surface area contributed by atoms with Gasteiger partial charge in [-0.05, 0) is 44.2 Å². The lowest BCUT2D eigenvalue weighted by Gasteiger charge is -2.26. The SMILES string of the molecule is CC(C)Oc1ccc(S(=O)(=O)N2CCOCC2)cc1NC(=O)C1CC(c2cccc(F)c2)=NO1. The zero-order chi connectivity index (χ0) is 24.3. The van der Waals surface area contributed by atoms with Gasteiger partial charge in [0.2, 0.25) is 16.1 Å². The van der Waals surface area contributed by atoms with Crippen molar-refractivity contribution in [2.75, 3.05) is 31.6 Å². The molecule has 1 amide bonds. The van der Waals surface area contributed by atoms with Crippen LogP contribution >= 0.6 is 0 Å². The van der Waals surface area contributed by atoms with Crippen molar-refractivity contribution in [2.24, 2.45) is 5.16 Å². The van der Waals surface area contributed by atoms with Crippen molar-refractivity contribution in [1.29, 1.82) is 0 Å². The lowest BCUT2D eigenvalue weighted by atomic mass is 10.0. The summed E-state index contributed by atoms with van der Waals surface area (Å²) >= 11 is 0. The van der Waals surface area contributed by atoms with Crippen LogP contribution in [-0.2, 0) is 24.4 Å². The number of halogens is 1. The Labute approximate surface area is 197 Å². The topological polar surface area (TPSA) is 107 Å². The molecule has 1 N–H and O–H groups in total. The summed E-state index contributed by atoms with van der Waals surface area (Å²) in [5.74, 6) is -0.611. The molecule has 0 bridgehead atoms. The smallest absolute Gasteiger partial charge is 0.268 e. The van der Waals surface area contributed by atoms with Crippen LogP contribution in [-0.4, -0.2) is 62.9 Å². The molecule has 4 rings (SSSR count). The largest absolute Gasteiger partial charge is 0.489 e. The Balaban J connectivity index is 1.54. The molecule has 1 saturated heterocycles. The number of carbonyl (C=O) groups is 1. The van der Waals surface area contributed by atoms with Gasteiger partial charge >= 0.3 is 0 Å². The number of nitrogens with one attached hydrogen (secondary N) is 1. The maximum Gasteiger partial charge on any atom is 0.268 e. The van der Waals surface area contributed by atoms with E-state index in [1.807, 2.05) is 13.8 Å². The Morgan fingerprint density at radius 1 is 1.21 bits per heavy atom. The number of benzene rings is 2. The van der Waals surface area contributed by atoms with E-state index in [-0.39, 0.29) is 36.2 Å². The van der Waals surface area contributed by atoms with Crippen molar-refractivity contribution >= 4 is 27.3 Å². The van der Waals surface area contributed by atoms with Crippen molar-refractivity contribution in [3.63, 3.8) is 0 Å². The molecule has 1 fully saturated rings. The molecule has 9 nitrogen and oxygen atoms in total. The molecule has 0 spiro atoms. The summed E-state index contributed by atoms with van der Waals surface area (Å²) in [5, 5.41) is 6.64. The number of morpholine rings is 1. The van der Waals surface area contributed by atoms with Crippen LogP contribution in [0.4, 0.5) is 10.1 Å². The fourth-order valence-electron chi connectivity index (χ4n) is 3.63. The van der Waals surface area contributed by atoms with Crippen LogP contribution in [0.25, 0.3) is 0 Å². The van der Waals surface area contributed by atoms with Crippen molar-refractivity contribution in [1.82, 2.24) is 4.31 Å². The van der Waals surface area contributed by atoms with Crippen LogP contribution in [0.2, 0.25) is 0 Å². The first-order valence-corrected chi connectivity index (χ1v) is 12.4. The molecule has 0 aromatic heterocycles. The summed E-state index contributed by atoms with van der Waals surface area (Å²) in [6, 6.07) is 10.2. The van der Waals surface area contributed by atoms with Crippen LogP contribution in [0, 0.1) is 5.82 Å². The van der Waals surface area contributed by atoms with Gasteiger partial charge in [-0.25, -0.2) is 12.8 Å². The number of amides is 1. The Morgan fingerprint density at radius 3 is 2.68 bits per heavy atom. The standard InChI is InChI=1S/C23H26FN3O6S/c1-15(2)32-21-7-6-18(34(29,30)27-8-10-31-11-9-27)13-20(21)25-23(28)22-14-19(26-33-22)16-4-3-5-17(24)12-16/h3-7,12-13,15,22H,8-11,14H2,1-2H3,(H,25,28). The molecule has 34 heavy (non-hydrogen) atoms. The molecule has 2 aromatic carbocycles. The molecule has 0 radical (unpaired) electrons. The number of rotatable bonds is 7. The van der Waals surface area contributed by atoms with E-state index in [4.69, 9.17) is 14.3 Å². The molecular weight excluding hydrogens is 465 g/mol. The zero-order valence-corrected chi connectivity index (χ0v) is 19.7. The van der Waals surface area contributed by atoms with Gasteiger partial charge in [-0.2, -0.15) is 4.31 Å². The maximum atomic E-state index is 13.5. The van der Waals surface area contributed by atoms with E-state index in [0.29, 0.717) is 30.2 Å². The number of carbonyl (C=O) groups excluding carboxylic acids is 1. The molecule has 1 atom stereocenters. The van der Waals surface area contributed by atoms with Crippen LogP contribution in [0.5, 0.6) is 5.75 Å². The third kappa shape index (κ3) is 5.37. The summed E-state index contributed by atoms with van der Waals surface area (Å²) in [4.78, 5) is 18.3. The van der Waals surface area contributed by atoms with Crippen LogP contribution in [0.3, 0.4) is 0 Å². The molecule has 182 valence electrons. The average molecular weight is 492 g/mol.